The van der Waals surface area contributed by atoms with Crippen LogP contribution >= 0.6 is 15.9 Å². The predicted octanol–water partition coefficient (Wildman–Crippen LogP) is 3.89. The fourth-order valence-corrected chi connectivity index (χ4v) is 2.30. The Balaban J connectivity index is 2.41. The van der Waals surface area contributed by atoms with Gasteiger partial charge in [0.2, 0.25) is 0 Å². The third-order valence-electron chi connectivity index (χ3n) is 3.05. The number of carbonyl (C=O) groups excluding carboxylic acids is 1. The molecule has 0 aliphatic heterocycles. The fourth-order valence-electron chi connectivity index (χ4n) is 1.94. The second-order valence-corrected chi connectivity index (χ2v) is 5.32. The zero-order chi connectivity index (χ0) is 15.4. The predicted molar refractivity (Wildman–Crippen MR) is 84.5 cm³/mol. The van der Waals surface area contributed by atoms with E-state index >= 15 is 0 Å². The molecule has 0 aliphatic rings. The molecule has 4 nitrogen and oxygen atoms in total. The van der Waals surface area contributed by atoms with E-state index in [4.69, 9.17) is 10.00 Å². The number of halogens is 1. The Bertz CT molecular complexity index is 736. The van der Waals surface area contributed by atoms with Gasteiger partial charge in [0.25, 0.3) is 5.91 Å². The molecule has 2 aromatic rings. The van der Waals surface area contributed by atoms with E-state index in [1.807, 2.05) is 25.1 Å². The summed E-state index contributed by atoms with van der Waals surface area (Å²) in [6, 6.07) is 12.6. The first-order valence-corrected chi connectivity index (χ1v) is 7.00. The van der Waals surface area contributed by atoms with Crippen molar-refractivity contribution in [3.05, 3.63) is 57.6 Å². The zero-order valence-corrected chi connectivity index (χ0v) is 13.2. The molecule has 0 bridgehead atoms. The van der Waals surface area contributed by atoms with Crippen LogP contribution in [0.4, 0.5) is 5.69 Å². The molecule has 0 unspecified atom stereocenters. The van der Waals surface area contributed by atoms with E-state index in [2.05, 4.69) is 21.2 Å². The smallest absolute Gasteiger partial charge is 0.256 e. The molecule has 0 spiro atoms. The van der Waals surface area contributed by atoms with Crippen molar-refractivity contribution >= 4 is 27.5 Å². The van der Waals surface area contributed by atoms with Crippen molar-refractivity contribution in [3.63, 3.8) is 0 Å². The molecule has 1 amide bonds. The highest BCUT2D eigenvalue weighted by Crippen LogP contribution is 2.28. The zero-order valence-electron chi connectivity index (χ0n) is 11.6. The molecule has 0 aromatic heterocycles. The van der Waals surface area contributed by atoms with Crippen LogP contribution in [0.15, 0.2) is 40.9 Å². The molecule has 0 saturated heterocycles. The Hall–Kier alpha value is -2.32. The number of hydrogen-bond acceptors (Lipinski definition) is 3. The van der Waals surface area contributed by atoms with Crippen molar-refractivity contribution in [1.29, 1.82) is 5.26 Å². The standard InChI is InChI=1S/C16H13BrN2O2/c1-10-6-7-12(17)8-13(10)16(20)19-15-11(9-18)4-3-5-14(15)21-2/h3-8H,1-2H3,(H,19,20). The molecular formula is C16H13BrN2O2. The van der Waals surface area contributed by atoms with E-state index < -0.39 is 0 Å². The first-order valence-electron chi connectivity index (χ1n) is 6.21. The number of nitrogens with one attached hydrogen (secondary N) is 1. The number of nitriles is 1. The largest absolute Gasteiger partial charge is 0.495 e. The van der Waals surface area contributed by atoms with E-state index in [1.165, 1.54) is 7.11 Å². The van der Waals surface area contributed by atoms with Crippen LogP contribution in [0.3, 0.4) is 0 Å². The van der Waals surface area contributed by atoms with Crippen LogP contribution in [0, 0.1) is 18.3 Å². The summed E-state index contributed by atoms with van der Waals surface area (Å²) in [5.41, 5.74) is 2.13. The van der Waals surface area contributed by atoms with Crippen molar-refractivity contribution in [2.45, 2.75) is 6.92 Å². The third-order valence-corrected chi connectivity index (χ3v) is 3.54. The second kappa shape index (κ2) is 6.42. The number of methoxy groups -OCH3 is 1. The molecule has 0 atom stereocenters. The van der Waals surface area contributed by atoms with Crippen molar-refractivity contribution < 1.29 is 9.53 Å². The molecule has 106 valence electrons. The quantitative estimate of drug-likeness (QED) is 0.918. The number of nitrogens with zero attached hydrogens (tertiary/aromatic N) is 1. The van der Waals surface area contributed by atoms with Gasteiger partial charge in [-0.15, -0.1) is 0 Å². The highest BCUT2D eigenvalue weighted by Gasteiger charge is 2.15. The summed E-state index contributed by atoms with van der Waals surface area (Å²) in [5.74, 6) is 0.171. The van der Waals surface area contributed by atoms with Crippen molar-refractivity contribution in [3.8, 4) is 11.8 Å². The SMILES string of the molecule is COc1cccc(C#N)c1NC(=O)c1cc(Br)ccc1C. The molecule has 2 aromatic carbocycles. The van der Waals surface area contributed by atoms with Gasteiger partial charge in [-0.1, -0.05) is 28.1 Å². The summed E-state index contributed by atoms with van der Waals surface area (Å²) in [5, 5.41) is 11.9. The van der Waals surface area contributed by atoms with Crippen LogP contribution in [0.1, 0.15) is 21.5 Å². The third kappa shape index (κ3) is 3.23. The summed E-state index contributed by atoms with van der Waals surface area (Å²) in [6.45, 7) is 1.86. The maximum Gasteiger partial charge on any atom is 0.256 e. The summed E-state index contributed by atoms with van der Waals surface area (Å²) < 4.78 is 6.02. The lowest BCUT2D eigenvalue weighted by Gasteiger charge is -2.13. The van der Waals surface area contributed by atoms with Gasteiger partial charge in [0.05, 0.1) is 12.7 Å². The molecular weight excluding hydrogens is 332 g/mol. The Morgan fingerprint density at radius 3 is 2.76 bits per heavy atom. The fraction of sp³-hybridized carbons (Fsp3) is 0.125. The lowest BCUT2D eigenvalue weighted by Crippen LogP contribution is -2.15. The van der Waals surface area contributed by atoms with Gasteiger partial charge in [-0.05, 0) is 36.8 Å². The van der Waals surface area contributed by atoms with Crippen LogP contribution in [0.5, 0.6) is 5.75 Å². The van der Waals surface area contributed by atoms with Gasteiger partial charge in [0, 0.05) is 10.0 Å². The second-order valence-electron chi connectivity index (χ2n) is 4.41. The van der Waals surface area contributed by atoms with Crippen molar-refractivity contribution in [2.75, 3.05) is 12.4 Å². The molecule has 0 radical (unpaired) electrons. The molecule has 0 fully saturated rings. The van der Waals surface area contributed by atoms with Gasteiger partial charge in [-0.25, -0.2) is 0 Å². The number of carbonyl (C=O) groups is 1. The Labute approximate surface area is 131 Å². The summed E-state index contributed by atoms with van der Waals surface area (Å²) in [6.07, 6.45) is 0. The minimum absolute atomic E-state index is 0.283. The number of amides is 1. The van der Waals surface area contributed by atoms with Gasteiger partial charge in [0.15, 0.2) is 0 Å². The van der Waals surface area contributed by atoms with E-state index in [-0.39, 0.29) is 5.91 Å². The van der Waals surface area contributed by atoms with E-state index in [1.54, 1.807) is 24.3 Å². The summed E-state index contributed by atoms with van der Waals surface area (Å²) in [7, 11) is 1.50. The van der Waals surface area contributed by atoms with Crippen molar-refractivity contribution in [1.82, 2.24) is 0 Å². The lowest BCUT2D eigenvalue weighted by atomic mass is 10.1. The summed E-state index contributed by atoms with van der Waals surface area (Å²) >= 11 is 3.35. The van der Waals surface area contributed by atoms with Gasteiger partial charge in [-0.2, -0.15) is 5.26 Å². The van der Waals surface area contributed by atoms with Crippen LogP contribution in [0.25, 0.3) is 0 Å². The van der Waals surface area contributed by atoms with Gasteiger partial charge < -0.3 is 10.1 Å². The molecule has 0 heterocycles. The number of ether oxygens (including phenoxy) is 1. The number of anilines is 1. The molecule has 0 saturated carbocycles. The molecule has 5 heteroatoms. The number of para-hydroxylation sites is 1. The average Bonchev–Trinajstić information content (AvgIpc) is 2.49. The van der Waals surface area contributed by atoms with Gasteiger partial charge in [0.1, 0.15) is 17.5 Å². The number of hydrogen-bond donors (Lipinski definition) is 1. The summed E-state index contributed by atoms with van der Waals surface area (Å²) in [4.78, 5) is 12.4. The molecule has 21 heavy (non-hydrogen) atoms. The topological polar surface area (TPSA) is 62.1 Å². The van der Waals surface area contributed by atoms with Crippen LogP contribution in [0.2, 0.25) is 0 Å². The maximum absolute atomic E-state index is 12.4. The van der Waals surface area contributed by atoms with Crippen LogP contribution in [-0.4, -0.2) is 13.0 Å². The van der Waals surface area contributed by atoms with Gasteiger partial charge in [-0.3, -0.25) is 4.79 Å². The normalized spacial score (nSPS) is 9.81. The maximum atomic E-state index is 12.4. The van der Waals surface area contributed by atoms with E-state index in [9.17, 15) is 4.79 Å². The lowest BCUT2D eigenvalue weighted by molar-refractivity contribution is 0.102. The Kier molecular flexibility index (Phi) is 4.61. The highest BCUT2D eigenvalue weighted by molar-refractivity contribution is 9.10. The van der Waals surface area contributed by atoms with E-state index in [0.717, 1.165) is 10.0 Å². The molecule has 0 aliphatic carbocycles. The van der Waals surface area contributed by atoms with Crippen LogP contribution < -0.4 is 10.1 Å². The molecule has 2 rings (SSSR count). The Morgan fingerprint density at radius 1 is 1.33 bits per heavy atom. The van der Waals surface area contributed by atoms with Crippen LogP contribution in [-0.2, 0) is 0 Å². The van der Waals surface area contributed by atoms with E-state index in [0.29, 0.717) is 22.6 Å². The van der Waals surface area contributed by atoms with Crippen molar-refractivity contribution in [2.24, 2.45) is 0 Å². The average molecular weight is 345 g/mol. The Morgan fingerprint density at radius 2 is 2.10 bits per heavy atom. The first-order chi connectivity index (χ1) is 10.1. The minimum atomic E-state index is -0.283. The number of benzene rings is 2. The first kappa shape index (κ1) is 15.1. The monoisotopic (exact) mass is 344 g/mol. The number of rotatable bonds is 3. The number of aryl methyl sites for hydroxylation is 1. The molecule has 1 N–H and O–H groups in total. The minimum Gasteiger partial charge on any atom is -0.495 e. The van der Waals surface area contributed by atoms with Gasteiger partial charge >= 0.3 is 0 Å². The highest BCUT2D eigenvalue weighted by atomic mass is 79.9.